The zero-order valence-corrected chi connectivity index (χ0v) is 18.4. The monoisotopic (exact) mass is 403 g/mol. The first-order chi connectivity index (χ1) is 14.0. The van der Waals surface area contributed by atoms with Gasteiger partial charge >= 0.3 is 0 Å². The summed E-state index contributed by atoms with van der Waals surface area (Å²) in [5, 5.41) is 9.87. The molecule has 1 aromatic rings. The molecule has 0 unspecified atom stereocenters. The Kier molecular flexibility index (Phi) is 9.77. The second-order valence-corrected chi connectivity index (χ2v) is 7.60. The molecule has 162 valence electrons. The number of guanidine groups is 1. The summed E-state index contributed by atoms with van der Waals surface area (Å²) < 4.78 is 5.40. The maximum atomic E-state index is 11.9. The van der Waals surface area contributed by atoms with Crippen molar-refractivity contribution in [2.24, 2.45) is 4.99 Å². The van der Waals surface area contributed by atoms with E-state index in [1.54, 1.807) is 14.2 Å². The molecule has 0 spiro atoms. The van der Waals surface area contributed by atoms with E-state index in [2.05, 4.69) is 57.9 Å². The third-order valence-electron chi connectivity index (χ3n) is 5.27. The number of rotatable bonds is 9. The van der Waals surface area contributed by atoms with Gasteiger partial charge in [-0.05, 0) is 49.8 Å². The Morgan fingerprint density at radius 1 is 1.24 bits per heavy atom. The number of hydrogen-bond donors (Lipinski definition) is 3. The van der Waals surface area contributed by atoms with Crippen molar-refractivity contribution in [1.29, 1.82) is 0 Å². The van der Waals surface area contributed by atoms with Gasteiger partial charge in [0.05, 0.1) is 13.7 Å². The highest BCUT2D eigenvalue weighted by Gasteiger charge is 2.21. The highest BCUT2D eigenvalue weighted by Crippen LogP contribution is 2.19. The first-order valence-electron chi connectivity index (χ1n) is 10.7. The number of aryl methyl sites for hydroxylation is 1. The predicted octanol–water partition coefficient (Wildman–Crippen LogP) is 1.70. The van der Waals surface area contributed by atoms with Gasteiger partial charge in [0, 0.05) is 39.3 Å². The molecule has 0 atom stereocenters. The van der Waals surface area contributed by atoms with Crippen molar-refractivity contribution in [2.75, 3.05) is 46.9 Å². The Hall–Kier alpha value is -2.28. The maximum absolute atomic E-state index is 11.9. The first kappa shape index (κ1) is 23.0. The second-order valence-electron chi connectivity index (χ2n) is 7.60. The van der Waals surface area contributed by atoms with E-state index in [4.69, 9.17) is 4.74 Å². The third-order valence-corrected chi connectivity index (χ3v) is 5.27. The number of aliphatic imine (C=N–C) groups is 1. The second kappa shape index (κ2) is 12.3. The fraction of sp³-hybridized carbons (Fsp3) is 0.636. The Bertz CT molecular complexity index is 669. The molecule has 1 saturated heterocycles. The minimum atomic E-state index is 0.128. The molecule has 0 aliphatic carbocycles. The van der Waals surface area contributed by atoms with Crippen LogP contribution in [0.3, 0.4) is 0 Å². The molecule has 1 aliphatic heterocycles. The van der Waals surface area contributed by atoms with Gasteiger partial charge in [0.2, 0.25) is 5.91 Å². The third kappa shape index (κ3) is 7.93. The van der Waals surface area contributed by atoms with E-state index in [0.29, 0.717) is 12.6 Å². The SMILES string of the molecule is CCCNC(=O)CN1CCC(NC(=NC)NCCc2ccc(C)c(OC)c2)CC1. The van der Waals surface area contributed by atoms with Crippen molar-refractivity contribution in [3.8, 4) is 5.75 Å². The standard InChI is InChI=1S/C22H37N5O2/c1-5-11-24-21(28)16-27-13-9-19(10-14-27)26-22(23-3)25-12-8-18-7-6-17(2)20(15-18)29-4/h6-7,15,19H,5,8-14,16H2,1-4H3,(H,24,28)(H2,23,25,26). The van der Waals surface area contributed by atoms with Crippen LogP contribution in [-0.4, -0.2) is 69.7 Å². The molecule has 3 N–H and O–H groups in total. The summed E-state index contributed by atoms with van der Waals surface area (Å²) in [5.74, 6) is 1.90. The highest BCUT2D eigenvalue weighted by molar-refractivity contribution is 5.80. The quantitative estimate of drug-likeness (QED) is 0.432. The van der Waals surface area contributed by atoms with Gasteiger partial charge in [0.1, 0.15) is 5.75 Å². The molecule has 2 rings (SSSR count). The summed E-state index contributed by atoms with van der Waals surface area (Å²) in [7, 11) is 3.51. The van der Waals surface area contributed by atoms with Crippen molar-refractivity contribution in [1.82, 2.24) is 20.9 Å². The molecule has 0 radical (unpaired) electrons. The molecule has 0 aromatic heterocycles. The number of hydrogen-bond acceptors (Lipinski definition) is 4. The number of methoxy groups -OCH3 is 1. The van der Waals surface area contributed by atoms with Crippen LogP contribution >= 0.6 is 0 Å². The van der Waals surface area contributed by atoms with E-state index in [1.165, 1.54) is 5.56 Å². The fourth-order valence-corrected chi connectivity index (χ4v) is 3.49. The lowest BCUT2D eigenvalue weighted by Gasteiger charge is -2.32. The summed E-state index contributed by atoms with van der Waals surface area (Å²) >= 11 is 0. The van der Waals surface area contributed by atoms with Crippen molar-refractivity contribution in [2.45, 2.75) is 45.6 Å². The molecule has 7 heteroatoms. The molecule has 1 aromatic carbocycles. The highest BCUT2D eigenvalue weighted by atomic mass is 16.5. The molecule has 7 nitrogen and oxygen atoms in total. The van der Waals surface area contributed by atoms with Gasteiger partial charge in [-0.3, -0.25) is 14.7 Å². The summed E-state index contributed by atoms with van der Waals surface area (Å²) in [4.78, 5) is 18.4. The number of ether oxygens (including phenoxy) is 1. The summed E-state index contributed by atoms with van der Waals surface area (Å²) in [6.45, 7) is 8.04. The Labute approximate surface area is 175 Å². The molecule has 29 heavy (non-hydrogen) atoms. The largest absolute Gasteiger partial charge is 0.496 e. The van der Waals surface area contributed by atoms with Crippen LogP contribution in [0.5, 0.6) is 5.75 Å². The van der Waals surface area contributed by atoms with Crippen LogP contribution in [0, 0.1) is 6.92 Å². The number of likely N-dealkylation sites (tertiary alicyclic amines) is 1. The molecule has 0 saturated carbocycles. The molecular weight excluding hydrogens is 366 g/mol. The van der Waals surface area contributed by atoms with Gasteiger partial charge in [-0.1, -0.05) is 19.1 Å². The molecule has 1 fully saturated rings. The lowest BCUT2D eigenvalue weighted by Crippen LogP contribution is -2.50. The molecule has 0 bridgehead atoms. The fourth-order valence-electron chi connectivity index (χ4n) is 3.49. The van der Waals surface area contributed by atoms with Crippen LogP contribution in [-0.2, 0) is 11.2 Å². The van der Waals surface area contributed by atoms with Gasteiger partial charge in [-0.25, -0.2) is 0 Å². The number of nitrogens with zero attached hydrogens (tertiary/aromatic N) is 2. The minimum Gasteiger partial charge on any atom is -0.496 e. The number of piperidine rings is 1. The minimum absolute atomic E-state index is 0.128. The predicted molar refractivity (Wildman–Crippen MR) is 119 cm³/mol. The number of amides is 1. The zero-order chi connectivity index (χ0) is 21.1. The Morgan fingerprint density at radius 3 is 2.66 bits per heavy atom. The van der Waals surface area contributed by atoms with Crippen LogP contribution in [0.4, 0.5) is 0 Å². The smallest absolute Gasteiger partial charge is 0.234 e. The maximum Gasteiger partial charge on any atom is 0.234 e. The van der Waals surface area contributed by atoms with Crippen LogP contribution in [0.25, 0.3) is 0 Å². The van der Waals surface area contributed by atoms with Crippen LogP contribution in [0.1, 0.15) is 37.3 Å². The topological polar surface area (TPSA) is 78.0 Å². The van der Waals surface area contributed by atoms with E-state index >= 15 is 0 Å². The van der Waals surface area contributed by atoms with E-state index < -0.39 is 0 Å². The van der Waals surface area contributed by atoms with E-state index in [-0.39, 0.29) is 5.91 Å². The molecule has 1 aliphatic rings. The van der Waals surface area contributed by atoms with Gasteiger partial charge in [0.15, 0.2) is 5.96 Å². The first-order valence-corrected chi connectivity index (χ1v) is 10.7. The average Bonchev–Trinajstić information content (AvgIpc) is 2.73. The average molecular weight is 404 g/mol. The van der Waals surface area contributed by atoms with E-state index in [9.17, 15) is 4.79 Å². The molecule has 1 heterocycles. The lowest BCUT2D eigenvalue weighted by atomic mass is 10.1. The molecular formula is C22H37N5O2. The number of carbonyl (C=O) groups is 1. The van der Waals surface area contributed by atoms with Gasteiger partial charge < -0.3 is 20.7 Å². The van der Waals surface area contributed by atoms with Crippen LogP contribution in [0.15, 0.2) is 23.2 Å². The Morgan fingerprint density at radius 2 is 2.00 bits per heavy atom. The van der Waals surface area contributed by atoms with Crippen LogP contribution < -0.4 is 20.7 Å². The van der Waals surface area contributed by atoms with Gasteiger partial charge in [0.25, 0.3) is 0 Å². The van der Waals surface area contributed by atoms with Crippen molar-refractivity contribution in [3.63, 3.8) is 0 Å². The van der Waals surface area contributed by atoms with E-state index in [0.717, 1.165) is 69.1 Å². The summed E-state index contributed by atoms with van der Waals surface area (Å²) in [6, 6.07) is 6.72. The summed E-state index contributed by atoms with van der Waals surface area (Å²) in [5.41, 5.74) is 2.39. The van der Waals surface area contributed by atoms with Gasteiger partial charge in [-0.15, -0.1) is 0 Å². The normalized spacial score (nSPS) is 15.8. The van der Waals surface area contributed by atoms with Crippen molar-refractivity contribution < 1.29 is 9.53 Å². The number of nitrogens with one attached hydrogen (secondary N) is 3. The van der Waals surface area contributed by atoms with Crippen molar-refractivity contribution in [3.05, 3.63) is 29.3 Å². The number of benzene rings is 1. The van der Waals surface area contributed by atoms with Crippen molar-refractivity contribution >= 4 is 11.9 Å². The number of carbonyl (C=O) groups excluding carboxylic acids is 1. The molecule has 1 amide bonds. The van der Waals surface area contributed by atoms with Crippen LogP contribution in [0.2, 0.25) is 0 Å². The van der Waals surface area contributed by atoms with E-state index in [1.807, 2.05) is 0 Å². The van der Waals surface area contributed by atoms with Gasteiger partial charge in [-0.2, -0.15) is 0 Å². The Balaban J connectivity index is 1.69. The summed E-state index contributed by atoms with van der Waals surface area (Å²) in [6.07, 6.45) is 3.90. The zero-order valence-electron chi connectivity index (χ0n) is 18.4. The lowest BCUT2D eigenvalue weighted by molar-refractivity contribution is -0.122.